The zero-order chi connectivity index (χ0) is 25.9. The van der Waals surface area contributed by atoms with Gasteiger partial charge in [-0.2, -0.15) is 13.4 Å². The minimum atomic E-state index is -4.27. The first-order chi connectivity index (χ1) is 17.1. The molecule has 1 saturated heterocycles. The number of halogens is 1. The number of carbonyl (C=O) groups is 1. The highest BCUT2D eigenvalue weighted by Gasteiger charge is 2.40. The third-order valence-corrected chi connectivity index (χ3v) is 7.96. The molecule has 2 aromatic heterocycles. The maximum absolute atomic E-state index is 13.1. The van der Waals surface area contributed by atoms with Crippen LogP contribution >= 0.6 is 0 Å². The Balaban J connectivity index is 1.47. The van der Waals surface area contributed by atoms with Gasteiger partial charge in [-0.05, 0) is 62.1 Å². The molecule has 0 radical (unpaired) electrons. The molecule has 10 heteroatoms. The van der Waals surface area contributed by atoms with Crippen LogP contribution in [0.3, 0.4) is 0 Å². The molecule has 1 aromatic carbocycles. The summed E-state index contributed by atoms with van der Waals surface area (Å²) in [7, 11) is -4.27. The van der Waals surface area contributed by atoms with Gasteiger partial charge in [0.15, 0.2) is 5.03 Å². The van der Waals surface area contributed by atoms with Gasteiger partial charge in [-0.15, -0.1) is 0 Å². The lowest BCUT2D eigenvalue weighted by Gasteiger charge is -2.36. The Morgan fingerprint density at radius 2 is 1.92 bits per heavy atom. The lowest BCUT2D eigenvalue weighted by Crippen LogP contribution is -2.43. The van der Waals surface area contributed by atoms with Crippen LogP contribution in [0.1, 0.15) is 43.1 Å². The van der Waals surface area contributed by atoms with E-state index in [4.69, 9.17) is 4.74 Å². The van der Waals surface area contributed by atoms with Crippen molar-refractivity contribution in [2.24, 2.45) is 5.92 Å². The van der Waals surface area contributed by atoms with Crippen LogP contribution in [0, 0.1) is 11.7 Å². The topological polar surface area (TPSA) is 101 Å². The zero-order valence-electron chi connectivity index (χ0n) is 20.4. The van der Waals surface area contributed by atoms with Gasteiger partial charge in [0.2, 0.25) is 5.88 Å². The molecule has 4 rings (SSSR count). The molecular formula is C26H29FN4O4S. The summed E-state index contributed by atoms with van der Waals surface area (Å²) in [6, 6.07) is 13.5. The monoisotopic (exact) mass is 512 g/mol. The van der Waals surface area contributed by atoms with Crippen LogP contribution in [0.15, 0.2) is 65.8 Å². The molecule has 0 bridgehead atoms. The predicted octanol–water partition coefficient (Wildman–Crippen LogP) is 3.98. The number of pyridine rings is 2. The number of nitrogens with zero attached hydrogens (tertiary/aromatic N) is 3. The molecule has 1 unspecified atom stereocenters. The van der Waals surface area contributed by atoms with Crippen molar-refractivity contribution in [3.63, 3.8) is 0 Å². The molecule has 0 saturated carbocycles. The van der Waals surface area contributed by atoms with E-state index in [1.54, 1.807) is 30.5 Å². The Bertz CT molecular complexity index is 1350. The summed E-state index contributed by atoms with van der Waals surface area (Å²) >= 11 is 0. The first-order valence-corrected chi connectivity index (χ1v) is 13.2. The van der Waals surface area contributed by atoms with Gasteiger partial charge in [0.1, 0.15) is 11.6 Å². The standard InChI is InChI=1S/C26H29FN4O4S/c1-18-13-16-31(26(18,2)3)24-21(6-5-15-28-24)25(32)30-36(33,34)23-8-4-7-22(29-23)35-17-14-19-9-11-20(27)12-10-19/h4-12,15,18H,13-14,16-17H2,1-3H3,(H,30,32). The van der Waals surface area contributed by atoms with E-state index in [0.29, 0.717) is 18.2 Å². The molecule has 36 heavy (non-hydrogen) atoms. The molecule has 1 aliphatic heterocycles. The van der Waals surface area contributed by atoms with E-state index in [9.17, 15) is 17.6 Å². The summed E-state index contributed by atoms with van der Waals surface area (Å²) in [5.41, 5.74) is 0.814. The average molecular weight is 513 g/mol. The third kappa shape index (κ3) is 5.48. The van der Waals surface area contributed by atoms with E-state index in [0.717, 1.165) is 18.5 Å². The van der Waals surface area contributed by atoms with Crippen molar-refractivity contribution in [2.45, 2.75) is 44.2 Å². The molecule has 0 aliphatic carbocycles. The number of sulfonamides is 1. The number of aromatic nitrogens is 2. The van der Waals surface area contributed by atoms with Crippen molar-refractivity contribution in [3.8, 4) is 5.88 Å². The third-order valence-electron chi connectivity index (χ3n) is 6.73. The number of carbonyl (C=O) groups excluding carboxylic acids is 1. The Morgan fingerprint density at radius 3 is 2.61 bits per heavy atom. The minimum absolute atomic E-state index is 0.0994. The van der Waals surface area contributed by atoms with E-state index in [1.165, 1.54) is 30.3 Å². The van der Waals surface area contributed by atoms with E-state index < -0.39 is 15.9 Å². The van der Waals surface area contributed by atoms with Crippen LogP contribution in [0.5, 0.6) is 5.88 Å². The Labute approximate surface area is 210 Å². The first-order valence-electron chi connectivity index (χ1n) is 11.7. The molecule has 1 aliphatic rings. The van der Waals surface area contributed by atoms with Crippen molar-refractivity contribution >= 4 is 21.7 Å². The second kappa shape index (κ2) is 10.2. The zero-order valence-corrected chi connectivity index (χ0v) is 21.3. The van der Waals surface area contributed by atoms with Gasteiger partial charge < -0.3 is 9.64 Å². The van der Waals surface area contributed by atoms with Gasteiger partial charge in [-0.3, -0.25) is 4.79 Å². The summed E-state index contributed by atoms with van der Waals surface area (Å²) in [4.78, 5) is 23.6. The number of amides is 1. The largest absolute Gasteiger partial charge is 0.477 e. The SMILES string of the molecule is CC1CCN(c2ncccc2C(=O)NS(=O)(=O)c2cccc(OCCc3ccc(F)cc3)n2)C1(C)C. The fourth-order valence-electron chi connectivity index (χ4n) is 4.18. The Hall–Kier alpha value is -3.53. The highest BCUT2D eigenvalue weighted by molar-refractivity contribution is 7.90. The van der Waals surface area contributed by atoms with Gasteiger partial charge in [-0.1, -0.05) is 25.1 Å². The number of benzene rings is 1. The van der Waals surface area contributed by atoms with Crippen LogP contribution in [0.4, 0.5) is 10.2 Å². The lowest BCUT2D eigenvalue weighted by molar-refractivity contribution is 0.0981. The van der Waals surface area contributed by atoms with Gasteiger partial charge in [0, 0.05) is 30.8 Å². The van der Waals surface area contributed by atoms with Crippen LogP contribution in [-0.4, -0.2) is 43.0 Å². The van der Waals surface area contributed by atoms with Gasteiger partial charge >= 0.3 is 0 Å². The van der Waals surface area contributed by atoms with Crippen LogP contribution < -0.4 is 14.4 Å². The average Bonchev–Trinajstić information content (AvgIpc) is 3.12. The smallest absolute Gasteiger partial charge is 0.281 e. The van der Waals surface area contributed by atoms with Gasteiger partial charge in [0.05, 0.1) is 12.2 Å². The molecule has 3 aromatic rings. The molecule has 3 heterocycles. The number of nitrogens with one attached hydrogen (secondary N) is 1. The molecule has 1 amide bonds. The van der Waals surface area contributed by atoms with E-state index in [-0.39, 0.29) is 34.4 Å². The number of hydrogen-bond acceptors (Lipinski definition) is 7. The quantitative estimate of drug-likeness (QED) is 0.487. The molecular weight excluding hydrogens is 483 g/mol. The summed E-state index contributed by atoms with van der Waals surface area (Å²) < 4.78 is 46.7. The highest BCUT2D eigenvalue weighted by atomic mass is 32.2. The molecule has 0 spiro atoms. The van der Waals surface area contributed by atoms with Crippen LogP contribution in [0.2, 0.25) is 0 Å². The molecule has 190 valence electrons. The summed E-state index contributed by atoms with van der Waals surface area (Å²) in [5, 5.41) is -0.337. The second-order valence-corrected chi connectivity index (χ2v) is 11.0. The van der Waals surface area contributed by atoms with E-state index >= 15 is 0 Å². The summed E-state index contributed by atoms with van der Waals surface area (Å²) in [6.45, 7) is 7.26. The number of anilines is 1. The maximum Gasteiger partial charge on any atom is 0.281 e. The highest BCUT2D eigenvalue weighted by Crippen LogP contribution is 2.38. The molecule has 1 N–H and O–H groups in total. The van der Waals surface area contributed by atoms with Gasteiger partial charge in [0.25, 0.3) is 15.9 Å². The van der Waals surface area contributed by atoms with Crippen molar-refractivity contribution in [3.05, 3.63) is 77.7 Å². The summed E-state index contributed by atoms with van der Waals surface area (Å²) in [5.74, 6) is -0.168. The van der Waals surface area contributed by atoms with Gasteiger partial charge in [-0.25, -0.2) is 14.1 Å². The molecule has 1 fully saturated rings. The number of hydrogen-bond donors (Lipinski definition) is 1. The fraction of sp³-hybridized carbons (Fsp3) is 0.346. The predicted molar refractivity (Wildman–Crippen MR) is 134 cm³/mol. The maximum atomic E-state index is 13.1. The van der Waals surface area contributed by atoms with Crippen molar-refractivity contribution < 1.29 is 22.3 Å². The molecule has 1 atom stereocenters. The van der Waals surface area contributed by atoms with E-state index in [1.807, 2.05) is 4.90 Å². The first kappa shape index (κ1) is 25.6. The second-order valence-electron chi connectivity index (χ2n) is 9.34. The fourth-order valence-corrected chi connectivity index (χ4v) is 5.10. The van der Waals surface area contributed by atoms with Crippen LogP contribution in [-0.2, 0) is 16.4 Å². The number of rotatable bonds is 8. The minimum Gasteiger partial charge on any atom is -0.477 e. The van der Waals surface area contributed by atoms with E-state index in [2.05, 4.69) is 35.5 Å². The van der Waals surface area contributed by atoms with Crippen LogP contribution in [0.25, 0.3) is 0 Å². The lowest BCUT2D eigenvalue weighted by atomic mass is 9.90. The molecule has 8 nitrogen and oxygen atoms in total. The van der Waals surface area contributed by atoms with Crippen molar-refractivity contribution in [2.75, 3.05) is 18.1 Å². The number of ether oxygens (including phenoxy) is 1. The van der Waals surface area contributed by atoms with Crippen molar-refractivity contribution in [1.82, 2.24) is 14.7 Å². The Kier molecular flexibility index (Phi) is 7.26. The van der Waals surface area contributed by atoms with Crippen molar-refractivity contribution in [1.29, 1.82) is 0 Å². The summed E-state index contributed by atoms with van der Waals surface area (Å²) in [6.07, 6.45) is 3.03. The normalized spacial score (nSPS) is 17.1. The Morgan fingerprint density at radius 1 is 1.17 bits per heavy atom.